The third-order valence-corrected chi connectivity index (χ3v) is 1.61. The second kappa shape index (κ2) is 2.76. The van der Waals surface area contributed by atoms with E-state index >= 15 is 0 Å². The SMILES string of the molecule is C[13C](=O)[N+]1=CCC[13CH2][13CH2]1. The van der Waals surface area contributed by atoms with Crippen LogP contribution in [0.5, 0.6) is 0 Å². The highest BCUT2D eigenvalue weighted by atomic mass is 16.2. The van der Waals surface area contributed by atoms with E-state index in [1.54, 1.807) is 11.5 Å². The molecule has 0 aromatic carbocycles. The largest absolute Gasteiger partial charge is 0.383 e. The highest BCUT2D eigenvalue weighted by Gasteiger charge is 2.13. The molecule has 0 bridgehead atoms. The van der Waals surface area contributed by atoms with Crippen LogP contribution in [0.4, 0.5) is 0 Å². The van der Waals surface area contributed by atoms with Gasteiger partial charge in [0.15, 0.2) is 6.54 Å². The van der Waals surface area contributed by atoms with Crippen LogP contribution < -0.4 is 0 Å². The molecule has 0 saturated heterocycles. The molecule has 50 valence electrons. The van der Waals surface area contributed by atoms with Gasteiger partial charge >= 0.3 is 5.91 Å². The van der Waals surface area contributed by atoms with E-state index in [4.69, 9.17) is 0 Å². The maximum absolute atomic E-state index is 10.7. The zero-order valence-electron chi connectivity index (χ0n) is 5.76. The fourth-order valence-electron chi connectivity index (χ4n) is 1.05. The molecule has 0 aromatic rings. The molecule has 0 unspecified atom stereocenters. The molecule has 9 heavy (non-hydrogen) atoms. The van der Waals surface area contributed by atoms with E-state index < -0.39 is 0 Å². The van der Waals surface area contributed by atoms with Crippen molar-refractivity contribution in [2.75, 3.05) is 6.54 Å². The minimum atomic E-state index is 0.176. The first-order valence-corrected chi connectivity index (χ1v) is 3.41. The summed E-state index contributed by atoms with van der Waals surface area (Å²) in [5, 5.41) is 0. The molecule has 0 spiro atoms. The number of hydrogen-bond donors (Lipinski definition) is 0. The summed E-state index contributed by atoms with van der Waals surface area (Å²) < 4.78 is 1.80. The van der Waals surface area contributed by atoms with Crippen molar-refractivity contribution in [3.8, 4) is 0 Å². The predicted molar refractivity (Wildman–Crippen MR) is 35.7 cm³/mol. The third-order valence-electron chi connectivity index (χ3n) is 1.61. The van der Waals surface area contributed by atoms with Gasteiger partial charge in [-0.05, 0) is 6.42 Å². The molecule has 0 fully saturated rings. The Hall–Kier alpha value is -0.660. The van der Waals surface area contributed by atoms with Gasteiger partial charge in [0.05, 0.1) is 6.92 Å². The predicted octanol–water partition coefficient (Wildman–Crippen LogP) is 0.800. The van der Waals surface area contributed by atoms with Crippen molar-refractivity contribution in [2.45, 2.75) is 26.2 Å². The maximum atomic E-state index is 10.7. The van der Waals surface area contributed by atoms with E-state index in [0.717, 1.165) is 19.4 Å². The Bertz CT molecular complexity index is 149. The van der Waals surface area contributed by atoms with Crippen LogP contribution in [0.3, 0.4) is 0 Å². The summed E-state index contributed by atoms with van der Waals surface area (Å²) in [6.07, 6.45) is 5.46. The van der Waals surface area contributed by atoms with Crippen LogP contribution in [0.15, 0.2) is 0 Å². The number of rotatable bonds is 0. The van der Waals surface area contributed by atoms with E-state index in [0.29, 0.717) is 0 Å². The molecule has 1 rings (SSSR count). The Kier molecular flexibility index (Phi) is 1.98. The van der Waals surface area contributed by atoms with Crippen molar-refractivity contribution >= 4 is 12.1 Å². The van der Waals surface area contributed by atoms with Gasteiger partial charge in [-0.15, -0.1) is 0 Å². The molecule has 2 heteroatoms. The summed E-state index contributed by atoms with van der Waals surface area (Å²) in [6, 6.07) is 0. The van der Waals surface area contributed by atoms with Gasteiger partial charge in [-0.2, -0.15) is 4.58 Å². The minimum absolute atomic E-state index is 0.176. The van der Waals surface area contributed by atoms with Gasteiger partial charge in [-0.25, -0.2) is 4.79 Å². The first kappa shape index (κ1) is 6.46. The summed E-state index contributed by atoms with van der Waals surface area (Å²) in [4.78, 5) is 10.7. The lowest BCUT2D eigenvalue weighted by atomic mass is 10.4. The quantitative estimate of drug-likeness (QED) is 0.350. The number of hydrogen-bond acceptors (Lipinski definition) is 1. The molecule has 0 saturated carbocycles. The lowest BCUT2D eigenvalue weighted by molar-refractivity contribution is -0.448. The summed E-state index contributed by atoms with van der Waals surface area (Å²) in [6.45, 7) is 2.54. The molecule has 0 radical (unpaired) electrons. The molecule has 1 aliphatic heterocycles. The summed E-state index contributed by atoms with van der Waals surface area (Å²) >= 11 is 0. The second-order valence-electron chi connectivity index (χ2n) is 2.39. The summed E-state index contributed by atoms with van der Waals surface area (Å²) in [5.74, 6) is 0.176. The van der Waals surface area contributed by atoms with Crippen molar-refractivity contribution in [3.05, 3.63) is 0 Å². The van der Waals surface area contributed by atoms with Crippen molar-refractivity contribution < 1.29 is 9.37 Å². The average Bonchev–Trinajstić information content (AvgIpc) is 1.90. The molecular weight excluding hydrogens is 117 g/mol. The van der Waals surface area contributed by atoms with Crippen molar-refractivity contribution in [1.29, 1.82) is 0 Å². The molecule has 1 amide bonds. The molecule has 1 aliphatic rings. The number of carbonyl (C=O) groups excluding carboxylic acids is 1. The minimum Gasteiger partial charge on any atom is -0.220 e. The van der Waals surface area contributed by atoms with Gasteiger partial charge in [0, 0.05) is 12.8 Å². The van der Waals surface area contributed by atoms with Gasteiger partial charge in [-0.3, -0.25) is 0 Å². The summed E-state index contributed by atoms with van der Waals surface area (Å²) in [7, 11) is 0. The zero-order valence-corrected chi connectivity index (χ0v) is 5.76. The fraction of sp³-hybridized carbons (Fsp3) is 0.714. The van der Waals surface area contributed by atoms with Crippen LogP contribution >= 0.6 is 0 Å². The van der Waals surface area contributed by atoms with Crippen LogP contribution in [0.2, 0.25) is 0 Å². The van der Waals surface area contributed by atoms with E-state index in [9.17, 15) is 4.79 Å². The Morgan fingerprint density at radius 2 is 2.33 bits per heavy atom. The standard InChI is InChI=1S/C7H12NO/c1-7(9)8-5-3-2-4-6-8/h5H,2-4,6H2,1H3/q+1/i4+1,6+1,7+1. The number of nitrogens with zero attached hydrogens (tertiary/aromatic N) is 1. The smallest absolute Gasteiger partial charge is 0.220 e. The van der Waals surface area contributed by atoms with Gasteiger partial charge in [0.1, 0.15) is 6.21 Å². The Morgan fingerprint density at radius 1 is 1.56 bits per heavy atom. The second-order valence-corrected chi connectivity index (χ2v) is 2.39. The van der Waals surface area contributed by atoms with Crippen molar-refractivity contribution in [2.24, 2.45) is 0 Å². The van der Waals surface area contributed by atoms with Crippen molar-refractivity contribution in [3.63, 3.8) is 0 Å². The van der Waals surface area contributed by atoms with Crippen molar-refractivity contribution in [1.82, 2.24) is 0 Å². The molecule has 0 aliphatic carbocycles. The Labute approximate surface area is 55.2 Å². The zero-order chi connectivity index (χ0) is 6.69. The molecular formula is C7H12NO+. The third kappa shape index (κ3) is 1.63. The van der Waals surface area contributed by atoms with E-state index in [2.05, 4.69) is 0 Å². The maximum Gasteiger partial charge on any atom is 0.383 e. The highest BCUT2D eigenvalue weighted by Crippen LogP contribution is 1.99. The molecule has 0 N–H and O–H groups in total. The number of carbonyl (C=O) groups is 1. The molecule has 0 atom stereocenters. The number of amides is 1. The first-order valence-electron chi connectivity index (χ1n) is 3.41. The normalized spacial score (nSPS) is 19.0. The van der Waals surface area contributed by atoms with E-state index in [-0.39, 0.29) is 5.91 Å². The van der Waals surface area contributed by atoms with Crippen LogP contribution in [0, 0.1) is 0 Å². The van der Waals surface area contributed by atoms with Gasteiger partial charge in [0.25, 0.3) is 0 Å². The molecule has 0 aromatic heterocycles. The van der Waals surface area contributed by atoms with E-state index in [1.807, 2.05) is 6.21 Å². The fourth-order valence-corrected chi connectivity index (χ4v) is 1.05. The summed E-state index contributed by atoms with van der Waals surface area (Å²) in [5.41, 5.74) is 0. The topological polar surface area (TPSA) is 20.1 Å². The van der Waals surface area contributed by atoms with E-state index in [1.165, 1.54) is 6.42 Å². The molecule has 1 heterocycles. The van der Waals surface area contributed by atoms with Gasteiger partial charge in [0.2, 0.25) is 0 Å². The molecule has 2 nitrogen and oxygen atoms in total. The van der Waals surface area contributed by atoms with Crippen LogP contribution in [0.1, 0.15) is 26.2 Å². The van der Waals surface area contributed by atoms with Gasteiger partial charge < -0.3 is 0 Å². The lowest BCUT2D eigenvalue weighted by Crippen LogP contribution is -2.23. The Balaban J connectivity index is 2.57. The average molecular weight is 129 g/mol. The van der Waals surface area contributed by atoms with Gasteiger partial charge in [-0.1, -0.05) is 0 Å². The van der Waals surface area contributed by atoms with Crippen LogP contribution in [-0.2, 0) is 4.79 Å². The van der Waals surface area contributed by atoms with Crippen LogP contribution in [0.25, 0.3) is 0 Å². The highest BCUT2D eigenvalue weighted by molar-refractivity contribution is 5.70. The monoisotopic (exact) mass is 129 g/mol. The lowest BCUT2D eigenvalue weighted by Gasteiger charge is -2.02. The Morgan fingerprint density at radius 3 is 2.67 bits per heavy atom. The first-order chi connectivity index (χ1) is 4.30. The van der Waals surface area contributed by atoms with Crippen LogP contribution in [-0.4, -0.2) is 23.2 Å².